The van der Waals surface area contributed by atoms with Crippen LogP contribution in [-0.4, -0.2) is 38.3 Å². The average molecular weight is 350 g/mol. The van der Waals surface area contributed by atoms with Gasteiger partial charge in [-0.25, -0.2) is 13.4 Å². The Morgan fingerprint density at radius 1 is 1.17 bits per heavy atom. The van der Waals surface area contributed by atoms with Crippen LogP contribution in [0.3, 0.4) is 0 Å². The topological polar surface area (TPSA) is 87.8 Å². The van der Waals surface area contributed by atoms with Gasteiger partial charge in [-0.05, 0) is 49.3 Å². The maximum absolute atomic E-state index is 12.5. The van der Waals surface area contributed by atoms with Gasteiger partial charge in [0.05, 0.1) is 11.4 Å². The average Bonchev–Trinajstić information content (AvgIpc) is 3.07. The van der Waals surface area contributed by atoms with Crippen molar-refractivity contribution in [1.82, 2.24) is 9.62 Å². The van der Waals surface area contributed by atoms with Crippen LogP contribution in [-0.2, 0) is 16.6 Å². The van der Waals surface area contributed by atoms with Gasteiger partial charge in [0.1, 0.15) is 0 Å². The molecular formula is C17H26N4O2S. The summed E-state index contributed by atoms with van der Waals surface area (Å²) in [6.45, 7) is 2.59. The minimum Gasteiger partial charge on any atom is -0.370 e. The molecule has 24 heavy (non-hydrogen) atoms. The molecule has 0 radical (unpaired) electrons. The van der Waals surface area contributed by atoms with E-state index >= 15 is 0 Å². The van der Waals surface area contributed by atoms with Gasteiger partial charge in [-0.15, -0.1) is 0 Å². The van der Waals surface area contributed by atoms with Gasteiger partial charge in [0.25, 0.3) is 0 Å². The van der Waals surface area contributed by atoms with Crippen molar-refractivity contribution >= 4 is 16.0 Å². The molecule has 0 atom stereocenters. The van der Waals surface area contributed by atoms with E-state index in [0.717, 1.165) is 30.9 Å². The maximum atomic E-state index is 12.5. The lowest BCUT2D eigenvalue weighted by Gasteiger charge is -2.25. The zero-order valence-corrected chi connectivity index (χ0v) is 14.8. The Kier molecular flexibility index (Phi) is 5.40. The molecule has 0 aromatic heterocycles. The number of nitrogens with two attached hydrogens (primary N) is 1. The molecule has 1 aromatic rings. The Morgan fingerprint density at radius 3 is 2.42 bits per heavy atom. The van der Waals surface area contributed by atoms with Gasteiger partial charge in [0.2, 0.25) is 10.0 Å². The number of sulfonamides is 1. The van der Waals surface area contributed by atoms with E-state index in [1.165, 1.54) is 19.3 Å². The molecule has 7 heteroatoms. The molecule has 3 N–H and O–H groups in total. The second kappa shape index (κ2) is 7.53. The summed E-state index contributed by atoms with van der Waals surface area (Å²) < 4.78 is 26.5. The lowest BCUT2D eigenvalue weighted by molar-refractivity contribution is 0.315. The third-order valence-corrected chi connectivity index (χ3v) is 6.77. The van der Waals surface area contributed by atoms with E-state index in [4.69, 9.17) is 5.73 Å². The molecule has 0 bridgehead atoms. The fraction of sp³-hybridized carbons (Fsp3) is 0.588. The van der Waals surface area contributed by atoms with Gasteiger partial charge < -0.3 is 11.1 Å². The van der Waals surface area contributed by atoms with Crippen molar-refractivity contribution in [3.05, 3.63) is 29.8 Å². The number of rotatable bonds is 6. The van der Waals surface area contributed by atoms with Crippen molar-refractivity contribution < 1.29 is 8.42 Å². The van der Waals surface area contributed by atoms with E-state index in [1.807, 2.05) is 12.1 Å². The van der Waals surface area contributed by atoms with Gasteiger partial charge in [-0.3, -0.25) is 0 Å². The second-order valence-electron chi connectivity index (χ2n) is 6.63. The predicted octanol–water partition coefficient (Wildman–Crippen LogP) is 1.68. The Labute approximate surface area is 144 Å². The van der Waals surface area contributed by atoms with Crippen molar-refractivity contribution in [3.63, 3.8) is 0 Å². The van der Waals surface area contributed by atoms with E-state index in [2.05, 4.69) is 10.3 Å². The molecule has 1 saturated heterocycles. The van der Waals surface area contributed by atoms with Crippen LogP contribution in [0.1, 0.15) is 37.7 Å². The summed E-state index contributed by atoms with van der Waals surface area (Å²) in [4.78, 5) is 4.67. The Bertz CT molecular complexity index is 675. The van der Waals surface area contributed by atoms with Crippen LogP contribution < -0.4 is 11.1 Å². The first-order valence-electron chi connectivity index (χ1n) is 8.68. The predicted molar refractivity (Wildman–Crippen MR) is 95.1 cm³/mol. The van der Waals surface area contributed by atoms with Crippen LogP contribution in [0.5, 0.6) is 0 Å². The normalized spacial score (nSPS) is 20.1. The number of guanidine groups is 1. The summed E-state index contributed by atoms with van der Waals surface area (Å²) in [5.74, 6) is 1.18. The van der Waals surface area contributed by atoms with Crippen molar-refractivity contribution in [2.45, 2.75) is 43.5 Å². The zero-order valence-electron chi connectivity index (χ0n) is 13.9. The molecule has 2 fully saturated rings. The monoisotopic (exact) mass is 350 g/mol. The van der Waals surface area contributed by atoms with Crippen molar-refractivity contribution in [2.24, 2.45) is 16.6 Å². The Morgan fingerprint density at radius 2 is 1.83 bits per heavy atom. The highest BCUT2D eigenvalue weighted by molar-refractivity contribution is 7.89. The van der Waals surface area contributed by atoms with E-state index in [-0.39, 0.29) is 0 Å². The number of nitrogens with zero attached hydrogens (tertiary/aromatic N) is 2. The molecule has 0 amide bonds. The van der Waals surface area contributed by atoms with Crippen molar-refractivity contribution in [3.8, 4) is 0 Å². The largest absolute Gasteiger partial charge is 0.370 e. The van der Waals surface area contributed by atoms with Gasteiger partial charge >= 0.3 is 0 Å². The summed E-state index contributed by atoms with van der Waals surface area (Å²) >= 11 is 0. The summed E-state index contributed by atoms with van der Waals surface area (Å²) in [7, 11) is -3.34. The van der Waals surface area contributed by atoms with E-state index in [0.29, 0.717) is 30.5 Å². The number of nitrogens with one attached hydrogen (secondary N) is 1. The molecule has 1 aliphatic heterocycles. The van der Waals surface area contributed by atoms with Gasteiger partial charge in [-0.2, -0.15) is 4.31 Å². The zero-order chi connectivity index (χ0) is 17.0. The number of hydrogen-bond donors (Lipinski definition) is 2. The molecule has 1 heterocycles. The third kappa shape index (κ3) is 4.08. The molecule has 2 aliphatic rings. The van der Waals surface area contributed by atoms with E-state index in [9.17, 15) is 8.42 Å². The Balaban J connectivity index is 1.55. The van der Waals surface area contributed by atoms with Crippen molar-refractivity contribution in [2.75, 3.05) is 19.6 Å². The molecule has 0 unspecified atom stereocenters. The molecule has 0 spiro atoms. The van der Waals surface area contributed by atoms with Crippen LogP contribution in [0.25, 0.3) is 0 Å². The molecule has 6 nitrogen and oxygen atoms in total. The summed E-state index contributed by atoms with van der Waals surface area (Å²) in [6, 6.07) is 6.95. The van der Waals surface area contributed by atoms with Gasteiger partial charge in [0, 0.05) is 19.6 Å². The fourth-order valence-corrected chi connectivity index (χ4v) is 4.54. The van der Waals surface area contributed by atoms with Crippen molar-refractivity contribution in [1.29, 1.82) is 0 Å². The van der Waals surface area contributed by atoms with Crippen LogP contribution in [0, 0.1) is 5.92 Å². The summed E-state index contributed by atoms with van der Waals surface area (Å²) in [6.07, 6.45) is 5.74. The first-order chi connectivity index (χ1) is 11.6. The van der Waals surface area contributed by atoms with Gasteiger partial charge in [-0.1, -0.05) is 18.6 Å². The summed E-state index contributed by atoms with van der Waals surface area (Å²) in [5.41, 5.74) is 6.81. The molecule has 1 aromatic carbocycles. The van der Waals surface area contributed by atoms with Gasteiger partial charge in [0.15, 0.2) is 5.96 Å². The second-order valence-corrected chi connectivity index (χ2v) is 8.57. The lowest BCUT2D eigenvalue weighted by Crippen LogP contribution is -2.37. The molecule has 132 valence electrons. The summed E-state index contributed by atoms with van der Waals surface area (Å²) in [5, 5.41) is 3.15. The maximum Gasteiger partial charge on any atom is 0.243 e. The van der Waals surface area contributed by atoms with Crippen LogP contribution in [0.2, 0.25) is 0 Å². The van der Waals surface area contributed by atoms with E-state index in [1.54, 1.807) is 16.4 Å². The molecule has 1 saturated carbocycles. The minimum atomic E-state index is -3.34. The molecule has 1 aliphatic carbocycles. The van der Waals surface area contributed by atoms with E-state index < -0.39 is 10.0 Å². The highest BCUT2D eigenvalue weighted by atomic mass is 32.2. The minimum absolute atomic E-state index is 0.355. The quantitative estimate of drug-likeness (QED) is 0.603. The highest BCUT2D eigenvalue weighted by Crippen LogP contribution is 2.25. The highest BCUT2D eigenvalue weighted by Gasteiger charge is 2.26. The number of hydrogen-bond acceptors (Lipinski definition) is 3. The van der Waals surface area contributed by atoms with Crippen LogP contribution in [0.15, 0.2) is 34.2 Å². The smallest absolute Gasteiger partial charge is 0.243 e. The number of aliphatic imine (C=N–C) groups is 1. The number of benzene rings is 1. The molecule has 3 rings (SSSR count). The molecular weight excluding hydrogens is 324 g/mol. The standard InChI is InChI=1S/C17H26N4O2S/c18-17(19-12-14-4-3-5-14)20-13-15-6-8-16(9-7-15)24(22,23)21-10-1-2-11-21/h6-9,14H,1-5,10-13H2,(H3,18,19,20). The first kappa shape index (κ1) is 17.2. The van der Waals surface area contributed by atoms with Crippen LogP contribution in [0.4, 0.5) is 0 Å². The SMILES string of the molecule is NC(=NCc1ccc(S(=O)(=O)N2CCCC2)cc1)NCC1CCC1. The Hall–Kier alpha value is -1.60. The fourth-order valence-electron chi connectivity index (χ4n) is 3.02. The third-order valence-electron chi connectivity index (χ3n) is 4.85. The van der Waals surface area contributed by atoms with Crippen LogP contribution >= 0.6 is 0 Å². The lowest BCUT2D eigenvalue weighted by atomic mass is 9.85. The first-order valence-corrected chi connectivity index (χ1v) is 10.1.